The zero-order chi connectivity index (χ0) is 14.7. The Morgan fingerprint density at radius 3 is 2.42 bits per heavy atom. The monoisotopic (exact) mass is 306 g/mol. The first-order valence-electron chi connectivity index (χ1n) is 6.14. The number of nitrogens with zero attached hydrogens (tertiary/aromatic N) is 2. The van der Waals surface area contributed by atoms with Crippen LogP contribution < -0.4 is 10.5 Å². The number of rotatable bonds is 7. The Morgan fingerprint density at radius 2 is 2.05 bits per heavy atom. The number of anilines is 1. The fraction of sp³-hybridized carbons (Fsp3) is 0.727. The highest BCUT2D eigenvalue weighted by atomic mass is 32.2. The molecule has 0 bridgehead atoms. The summed E-state index contributed by atoms with van der Waals surface area (Å²) >= 11 is 1.68. The van der Waals surface area contributed by atoms with E-state index in [0.717, 1.165) is 12.8 Å². The Balaban J connectivity index is 2.90. The zero-order valence-corrected chi connectivity index (χ0v) is 13.4. The topological polar surface area (TPSA) is 90.0 Å². The van der Waals surface area contributed by atoms with Crippen LogP contribution in [-0.4, -0.2) is 35.7 Å². The van der Waals surface area contributed by atoms with Crippen molar-refractivity contribution in [3.8, 4) is 0 Å². The maximum atomic E-state index is 12.2. The number of nitrogens with two attached hydrogens (primary N) is 1. The molecule has 8 heteroatoms. The molecule has 0 aliphatic heterocycles. The van der Waals surface area contributed by atoms with Crippen LogP contribution in [0.1, 0.15) is 26.7 Å². The molecular formula is C11H22N4O2S2. The normalized spacial score (nSPS) is 12.8. The third-order valence-corrected chi connectivity index (χ3v) is 6.42. The van der Waals surface area contributed by atoms with E-state index in [1.54, 1.807) is 18.8 Å². The lowest BCUT2D eigenvalue weighted by molar-refractivity contribution is 0.522. The fourth-order valence-corrected chi connectivity index (χ4v) is 3.97. The average Bonchev–Trinajstić information content (AvgIpc) is 2.72. The van der Waals surface area contributed by atoms with E-state index in [4.69, 9.17) is 5.73 Å². The molecule has 0 aliphatic carbocycles. The summed E-state index contributed by atoms with van der Waals surface area (Å²) in [5.41, 5.74) is 5.61. The number of hydrogen-bond acceptors (Lipinski definition) is 5. The van der Waals surface area contributed by atoms with Crippen LogP contribution in [0.25, 0.3) is 0 Å². The Kier molecular flexibility index (Phi) is 5.28. The minimum absolute atomic E-state index is 0.0257. The van der Waals surface area contributed by atoms with Crippen molar-refractivity contribution >= 4 is 27.6 Å². The third kappa shape index (κ3) is 3.64. The minimum atomic E-state index is -3.61. The summed E-state index contributed by atoms with van der Waals surface area (Å²) in [4.78, 5) is 0.0391. The molecule has 0 amide bonds. The highest BCUT2D eigenvalue weighted by molar-refractivity contribution is 8.00. The number of nitrogens with one attached hydrogen (secondary N) is 1. The number of hydrogen-bond donors (Lipinski definition) is 2. The largest absolute Gasteiger partial charge is 0.381 e. The molecule has 1 aromatic rings. The number of nitrogen functional groups attached to an aromatic ring is 1. The molecule has 110 valence electrons. The molecule has 19 heavy (non-hydrogen) atoms. The summed E-state index contributed by atoms with van der Waals surface area (Å²) in [5, 5.41) is 3.85. The quantitative estimate of drug-likeness (QED) is 0.790. The highest BCUT2D eigenvalue weighted by Gasteiger charge is 2.29. The Morgan fingerprint density at radius 1 is 1.47 bits per heavy atom. The Labute approximate surface area is 119 Å². The molecule has 3 N–H and O–H groups in total. The van der Waals surface area contributed by atoms with Crippen LogP contribution in [0.2, 0.25) is 0 Å². The van der Waals surface area contributed by atoms with Gasteiger partial charge in [-0.1, -0.05) is 13.8 Å². The van der Waals surface area contributed by atoms with Crippen molar-refractivity contribution in [2.45, 2.75) is 36.3 Å². The van der Waals surface area contributed by atoms with Crippen LogP contribution in [0.4, 0.5) is 5.82 Å². The van der Waals surface area contributed by atoms with Gasteiger partial charge in [-0.15, -0.1) is 0 Å². The standard InChI is InChI=1S/C11H22N4O2S2/c1-5-11(6-2,18-4)8-13-19(16,17)9-7-15(3)14-10(9)12/h7,13H,5-6,8H2,1-4H3,(H2,12,14). The molecule has 0 spiro atoms. The van der Waals surface area contributed by atoms with Gasteiger partial charge in [-0.2, -0.15) is 16.9 Å². The molecule has 0 aliphatic rings. The molecule has 6 nitrogen and oxygen atoms in total. The van der Waals surface area contributed by atoms with Crippen LogP contribution in [0.5, 0.6) is 0 Å². The summed E-state index contributed by atoms with van der Waals surface area (Å²) in [6.07, 6.45) is 5.21. The van der Waals surface area contributed by atoms with Gasteiger partial charge in [0, 0.05) is 24.5 Å². The summed E-state index contributed by atoms with van der Waals surface area (Å²) in [6, 6.07) is 0. The van der Waals surface area contributed by atoms with Gasteiger partial charge in [0.15, 0.2) is 5.82 Å². The summed E-state index contributed by atoms with van der Waals surface area (Å²) in [5.74, 6) is 0.0257. The third-order valence-electron chi connectivity index (χ3n) is 3.42. The number of aromatic nitrogens is 2. The van der Waals surface area contributed by atoms with Crippen LogP contribution in [0.15, 0.2) is 11.1 Å². The van der Waals surface area contributed by atoms with E-state index in [9.17, 15) is 8.42 Å². The zero-order valence-electron chi connectivity index (χ0n) is 11.8. The first-order valence-corrected chi connectivity index (χ1v) is 8.85. The molecule has 0 saturated heterocycles. The molecular weight excluding hydrogens is 284 g/mol. The Bertz CT molecular complexity index is 513. The molecule has 1 rings (SSSR count). The molecule has 0 aromatic carbocycles. The second-order valence-corrected chi connectivity index (χ2v) is 7.48. The smallest absolute Gasteiger partial charge is 0.245 e. The number of sulfonamides is 1. The molecule has 0 radical (unpaired) electrons. The highest BCUT2D eigenvalue weighted by Crippen LogP contribution is 2.30. The average molecular weight is 306 g/mol. The van der Waals surface area contributed by atoms with Crippen molar-refractivity contribution in [3.05, 3.63) is 6.20 Å². The molecule has 0 atom stereocenters. The predicted octanol–water partition coefficient (Wildman–Crippen LogP) is 1.20. The van der Waals surface area contributed by atoms with Crippen molar-refractivity contribution in [2.75, 3.05) is 18.5 Å². The van der Waals surface area contributed by atoms with E-state index in [-0.39, 0.29) is 15.5 Å². The summed E-state index contributed by atoms with van der Waals surface area (Å²) < 4.78 is 28.4. The van der Waals surface area contributed by atoms with Gasteiger partial charge >= 0.3 is 0 Å². The van der Waals surface area contributed by atoms with Gasteiger partial charge in [-0.05, 0) is 19.1 Å². The SMILES string of the molecule is CCC(CC)(CNS(=O)(=O)c1cn(C)nc1N)SC. The van der Waals surface area contributed by atoms with Crippen molar-refractivity contribution in [3.63, 3.8) is 0 Å². The molecule has 1 heterocycles. The first-order chi connectivity index (χ1) is 8.80. The van der Waals surface area contributed by atoms with Crippen molar-refractivity contribution in [1.29, 1.82) is 0 Å². The van der Waals surface area contributed by atoms with E-state index < -0.39 is 10.0 Å². The first kappa shape index (κ1) is 16.3. The fourth-order valence-electron chi connectivity index (χ4n) is 1.86. The van der Waals surface area contributed by atoms with E-state index in [2.05, 4.69) is 23.7 Å². The van der Waals surface area contributed by atoms with Gasteiger partial charge in [-0.3, -0.25) is 4.68 Å². The lowest BCUT2D eigenvalue weighted by Crippen LogP contribution is -2.39. The van der Waals surface area contributed by atoms with Crippen LogP contribution in [0, 0.1) is 0 Å². The van der Waals surface area contributed by atoms with Crippen molar-refractivity contribution in [1.82, 2.24) is 14.5 Å². The minimum Gasteiger partial charge on any atom is -0.381 e. The molecule has 1 aromatic heterocycles. The van der Waals surface area contributed by atoms with Gasteiger partial charge in [0.2, 0.25) is 10.0 Å². The lowest BCUT2D eigenvalue weighted by atomic mass is 10.0. The van der Waals surface area contributed by atoms with Crippen LogP contribution in [0.3, 0.4) is 0 Å². The molecule has 0 unspecified atom stereocenters. The number of aryl methyl sites for hydroxylation is 1. The maximum absolute atomic E-state index is 12.2. The van der Waals surface area contributed by atoms with Gasteiger partial charge < -0.3 is 5.73 Å². The second kappa shape index (κ2) is 6.15. The number of thioether (sulfide) groups is 1. The van der Waals surface area contributed by atoms with Gasteiger partial charge in [-0.25, -0.2) is 13.1 Å². The summed E-state index contributed by atoms with van der Waals surface area (Å²) in [6.45, 7) is 4.51. The van der Waals surface area contributed by atoms with Crippen LogP contribution in [-0.2, 0) is 17.1 Å². The van der Waals surface area contributed by atoms with Gasteiger partial charge in [0.1, 0.15) is 4.90 Å². The lowest BCUT2D eigenvalue weighted by Gasteiger charge is -2.29. The molecule has 0 saturated carbocycles. The van der Waals surface area contributed by atoms with Crippen molar-refractivity contribution < 1.29 is 8.42 Å². The van der Waals surface area contributed by atoms with E-state index in [0.29, 0.717) is 6.54 Å². The van der Waals surface area contributed by atoms with E-state index >= 15 is 0 Å². The maximum Gasteiger partial charge on any atom is 0.245 e. The molecule has 0 fully saturated rings. The van der Waals surface area contributed by atoms with Gasteiger partial charge in [0.05, 0.1) is 0 Å². The second-order valence-electron chi connectivity index (χ2n) is 4.47. The van der Waals surface area contributed by atoms with E-state index in [1.165, 1.54) is 10.9 Å². The van der Waals surface area contributed by atoms with Gasteiger partial charge in [0.25, 0.3) is 0 Å². The predicted molar refractivity (Wildman–Crippen MR) is 79.6 cm³/mol. The Hall–Kier alpha value is -0.730. The van der Waals surface area contributed by atoms with Crippen molar-refractivity contribution in [2.24, 2.45) is 7.05 Å². The van der Waals surface area contributed by atoms with E-state index in [1.807, 2.05) is 6.26 Å². The summed E-state index contributed by atoms with van der Waals surface area (Å²) in [7, 11) is -1.97. The van der Waals surface area contributed by atoms with Crippen LogP contribution >= 0.6 is 11.8 Å².